The molecule has 106 valence electrons. The Hall–Kier alpha value is -1.16. The molecule has 19 heavy (non-hydrogen) atoms. The van der Waals surface area contributed by atoms with E-state index in [1.54, 1.807) is 0 Å². The number of amides is 2. The molecule has 4 nitrogen and oxygen atoms in total. The molecule has 4 heteroatoms. The number of carbonyl (C=O) groups excluding carboxylic acids is 2. The quantitative estimate of drug-likeness (QED) is 0.621. The monoisotopic (exact) mass is 264 g/mol. The number of fused-ring (bicyclic) bond motifs is 1. The van der Waals surface area contributed by atoms with Crippen LogP contribution in [0.15, 0.2) is 12.2 Å². The molecule has 2 rings (SSSR count). The number of hydrogen-bond acceptors (Lipinski definition) is 3. The van der Waals surface area contributed by atoms with Gasteiger partial charge in [-0.15, -0.1) is 0 Å². The summed E-state index contributed by atoms with van der Waals surface area (Å²) in [4.78, 5) is 26.6. The molecule has 1 heterocycles. The molecule has 1 fully saturated rings. The van der Waals surface area contributed by atoms with E-state index in [1.165, 1.54) is 4.90 Å². The Morgan fingerprint density at radius 1 is 1.26 bits per heavy atom. The third-order valence-electron chi connectivity index (χ3n) is 4.34. The molecule has 0 aromatic carbocycles. The molecule has 0 radical (unpaired) electrons. The fraction of sp³-hybridized carbons (Fsp3) is 0.733. The summed E-state index contributed by atoms with van der Waals surface area (Å²) in [5, 5.41) is 0. The Morgan fingerprint density at radius 2 is 1.74 bits per heavy atom. The predicted molar refractivity (Wildman–Crippen MR) is 74.1 cm³/mol. The smallest absolute Gasteiger partial charge is 0.233 e. The first-order chi connectivity index (χ1) is 8.90. The van der Waals surface area contributed by atoms with Crippen LogP contribution < -0.4 is 5.73 Å². The minimum Gasteiger partial charge on any atom is -0.328 e. The van der Waals surface area contributed by atoms with Gasteiger partial charge in [0.25, 0.3) is 0 Å². The lowest BCUT2D eigenvalue weighted by Crippen LogP contribution is -2.55. The summed E-state index contributed by atoms with van der Waals surface area (Å²) in [5.41, 5.74) is 5.35. The second kappa shape index (κ2) is 5.08. The fourth-order valence-electron chi connectivity index (χ4n) is 3.48. The minimum absolute atomic E-state index is 0.0204. The molecule has 1 aliphatic carbocycles. The van der Waals surface area contributed by atoms with Gasteiger partial charge in [0.05, 0.1) is 17.4 Å². The lowest BCUT2D eigenvalue weighted by atomic mass is 9.85. The van der Waals surface area contributed by atoms with Gasteiger partial charge in [0, 0.05) is 6.54 Å². The highest BCUT2D eigenvalue weighted by molar-refractivity contribution is 6.06. The van der Waals surface area contributed by atoms with Gasteiger partial charge in [-0.3, -0.25) is 14.5 Å². The zero-order valence-corrected chi connectivity index (χ0v) is 12.1. The maximum absolute atomic E-state index is 12.6. The first-order valence-electron chi connectivity index (χ1n) is 7.13. The standard InChI is InChI=1S/C15H24N2O2/c1-10(2)8-15(3,9-16)17-13(18)11-6-4-5-7-12(11)14(17)19/h4-5,10-12H,6-9,16H2,1-3H3/t11-,12+,15?. The summed E-state index contributed by atoms with van der Waals surface area (Å²) in [6.45, 7) is 6.45. The van der Waals surface area contributed by atoms with Crippen LogP contribution in [-0.2, 0) is 9.59 Å². The lowest BCUT2D eigenvalue weighted by molar-refractivity contribution is -0.147. The summed E-state index contributed by atoms with van der Waals surface area (Å²) in [5.74, 6) is 0.0434. The van der Waals surface area contributed by atoms with Gasteiger partial charge in [-0.05, 0) is 32.1 Å². The Morgan fingerprint density at radius 3 is 2.11 bits per heavy atom. The van der Waals surface area contributed by atoms with Crippen molar-refractivity contribution in [3.05, 3.63) is 12.2 Å². The van der Waals surface area contributed by atoms with E-state index in [-0.39, 0.29) is 23.7 Å². The maximum atomic E-state index is 12.6. The minimum atomic E-state index is -0.542. The number of hydrogen-bond donors (Lipinski definition) is 1. The average Bonchev–Trinajstić information content (AvgIpc) is 2.62. The molecule has 3 atom stereocenters. The third kappa shape index (κ3) is 2.34. The van der Waals surface area contributed by atoms with E-state index in [4.69, 9.17) is 5.73 Å². The van der Waals surface area contributed by atoms with Crippen LogP contribution in [0, 0.1) is 17.8 Å². The van der Waals surface area contributed by atoms with Crippen LogP contribution >= 0.6 is 0 Å². The zero-order valence-electron chi connectivity index (χ0n) is 12.1. The summed E-state index contributed by atoms with van der Waals surface area (Å²) >= 11 is 0. The Kier molecular flexibility index (Phi) is 3.81. The van der Waals surface area contributed by atoms with E-state index in [0.717, 1.165) is 6.42 Å². The number of carbonyl (C=O) groups is 2. The van der Waals surface area contributed by atoms with Crippen molar-refractivity contribution in [1.29, 1.82) is 0 Å². The molecule has 0 aromatic heterocycles. The zero-order chi connectivity index (χ0) is 14.2. The number of likely N-dealkylation sites (tertiary alicyclic amines) is 1. The van der Waals surface area contributed by atoms with Gasteiger partial charge in [-0.25, -0.2) is 0 Å². The molecule has 2 amide bonds. The number of rotatable bonds is 4. The van der Waals surface area contributed by atoms with Crippen molar-refractivity contribution < 1.29 is 9.59 Å². The van der Waals surface area contributed by atoms with Crippen molar-refractivity contribution >= 4 is 11.8 Å². The molecule has 0 bridgehead atoms. The highest BCUT2D eigenvalue weighted by Gasteiger charge is 2.53. The van der Waals surface area contributed by atoms with Crippen LogP contribution in [0.2, 0.25) is 0 Å². The summed E-state index contributed by atoms with van der Waals surface area (Å²) in [6.07, 6.45) is 6.16. The summed E-state index contributed by atoms with van der Waals surface area (Å²) in [6, 6.07) is 0. The second-order valence-electron chi connectivity index (χ2n) is 6.47. The van der Waals surface area contributed by atoms with Crippen molar-refractivity contribution in [2.45, 2.75) is 45.6 Å². The van der Waals surface area contributed by atoms with Crippen molar-refractivity contribution in [3.8, 4) is 0 Å². The van der Waals surface area contributed by atoms with E-state index in [9.17, 15) is 9.59 Å². The van der Waals surface area contributed by atoms with Gasteiger partial charge in [-0.1, -0.05) is 26.0 Å². The Labute approximate surface area is 115 Å². The van der Waals surface area contributed by atoms with Crippen LogP contribution in [0.25, 0.3) is 0 Å². The van der Waals surface area contributed by atoms with Gasteiger partial charge < -0.3 is 5.73 Å². The first-order valence-corrected chi connectivity index (χ1v) is 7.13. The molecule has 1 saturated heterocycles. The van der Waals surface area contributed by atoms with Gasteiger partial charge in [0.2, 0.25) is 11.8 Å². The fourth-order valence-corrected chi connectivity index (χ4v) is 3.48. The van der Waals surface area contributed by atoms with Crippen molar-refractivity contribution in [3.63, 3.8) is 0 Å². The van der Waals surface area contributed by atoms with Crippen LogP contribution in [0.5, 0.6) is 0 Å². The van der Waals surface area contributed by atoms with Crippen LogP contribution in [0.1, 0.15) is 40.0 Å². The molecule has 0 aromatic rings. The summed E-state index contributed by atoms with van der Waals surface area (Å²) < 4.78 is 0. The van der Waals surface area contributed by atoms with Crippen molar-refractivity contribution in [2.24, 2.45) is 23.5 Å². The first kappa shape index (κ1) is 14.3. The Balaban J connectivity index is 2.29. The number of imide groups is 1. The lowest BCUT2D eigenvalue weighted by Gasteiger charge is -2.38. The highest BCUT2D eigenvalue weighted by atomic mass is 16.2. The van der Waals surface area contributed by atoms with E-state index < -0.39 is 5.54 Å². The van der Waals surface area contributed by atoms with Crippen LogP contribution in [0.3, 0.4) is 0 Å². The third-order valence-corrected chi connectivity index (χ3v) is 4.34. The Bertz CT molecular complexity index is 390. The van der Waals surface area contributed by atoms with Gasteiger partial charge >= 0.3 is 0 Å². The van der Waals surface area contributed by atoms with Crippen LogP contribution in [-0.4, -0.2) is 28.8 Å². The molecule has 2 N–H and O–H groups in total. The molecule has 0 spiro atoms. The number of nitrogens with two attached hydrogens (primary N) is 1. The largest absolute Gasteiger partial charge is 0.328 e. The maximum Gasteiger partial charge on any atom is 0.233 e. The molecule has 0 saturated carbocycles. The van der Waals surface area contributed by atoms with Crippen molar-refractivity contribution in [2.75, 3.05) is 6.54 Å². The number of nitrogens with zero attached hydrogens (tertiary/aromatic N) is 1. The second-order valence-corrected chi connectivity index (χ2v) is 6.47. The van der Waals surface area contributed by atoms with E-state index in [0.29, 0.717) is 25.3 Å². The molecule has 2 aliphatic rings. The van der Waals surface area contributed by atoms with Crippen molar-refractivity contribution in [1.82, 2.24) is 4.90 Å². The molecule has 1 unspecified atom stereocenters. The predicted octanol–water partition coefficient (Wildman–Crippen LogP) is 1.70. The van der Waals surface area contributed by atoms with Gasteiger partial charge in [0.15, 0.2) is 0 Å². The molecular weight excluding hydrogens is 240 g/mol. The van der Waals surface area contributed by atoms with E-state index >= 15 is 0 Å². The van der Waals surface area contributed by atoms with Crippen LogP contribution in [0.4, 0.5) is 0 Å². The van der Waals surface area contributed by atoms with E-state index in [2.05, 4.69) is 13.8 Å². The SMILES string of the molecule is CC(C)CC(C)(CN)N1C(=O)[C@H]2CC=CC[C@H]2C1=O. The highest BCUT2D eigenvalue weighted by Crippen LogP contribution is 2.39. The van der Waals surface area contributed by atoms with Gasteiger partial charge in [-0.2, -0.15) is 0 Å². The average molecular weight is 264 g/mol. The molecular formula is C15H24N2O2. The normalized spacial score (nSPS) is 29.8. The van der Waals surface area contributed by atoms with E-state index in [1.807, 2.05) is 19.1 Å². The van der Waals surface area contributed by atoms with Gasteiger partial charge in [0.1, 0.15) is 0 Å². The number of allylic oxidation sites excluding steroid dienone is 2. The summed E-state index contributed by atoms with van der Waals surface area (Å²) in [7, 11) is 0. The molecule has 1 aliphatic heterocycles. The topological polar surface area (TPSA) is 63.4 Å².